The third kappa shape index (κ3) is 6.40. The van der Waals surface area contributed by atoms with Crippen molar-refractivity contribution in [1.29, 1.82) is 0 Å². The fraction of sp³-hybridized carbons (Fsp3) is 0.348. The van der Waals surface area contributed by atoms with Crippen molar-refractivity contribution in [3.05, 3.63) is 69.8 Å². The molecule has 26 heavy (non-hydrogen) atoms. The van der Waals surface area contributed by atoms with Gasteiger partial charge in [-0.15, -0.1) is 0 Å². The highest BCUT2D eigenvalue weighted by Crippen LogP contribution is 2.28. The molecule has 0 aliphatic carbocycles. The van der Waals surface area contributed by atoms with Gasteiger partial charge < -0.3 is 10.1 Å². The number of ether oxygens (including phenoxy) is 1. The van der Waals surface area contributed by atoms with Gasteiger partial charge in [-0.3, -0.25) is 4.79 Å². The highest BCUT2D eigenvalue weighted by Gasteiger charge is 2.08. The van der Waals surface area contributed by atoms with E-state index in [1.54, 1.807) is 13.2 Å². The molecule has 0 saturated carbocycles. The summed E-state index contributed by atoms with van der Waals surface area (Å²) >= 11 is 0. The van der Waals surface area contributed by atoms with Gasteiger partial charge in [0.05, 0.1) is 7.11 Å². The SMILES string of the molecule is CCNC(=O)\C=C(C)/C=C\C=C(C)\C=C/c1c(C)cc(OC)c(C)c1C. The number of hydrogen-bond acceptors (Lipinski definition) is 2. The molecule has 0 heterocycles. The molecule has 0 spiro atoms. The molecular weight excluding hydrogens is 322 g/mol. The van der Waals surface area contributed by atoms with Gasteiger partial charge in [-0.1, -0.05) is 36.0 Å². The molecule has 0 radical (unpaired) electrons. The van der Waals surface area contributed by atoms with Crippen LogP contribution in [0.2, 0.25) is 0 Å². The standard InChI is InChI=1S/C23H31NO2/c1-8-24-23(25)14-17(3)11-9-10-16(2)12-13-21-18(4)15-22(26-7)20(6)19(21)5/h9-15H,8H2,1-7H3,(H,24,25)/b11-9-,13-12-,16-10+,17-14-. The Morgan fingerprint density at radius 3 is 2.42 bits per heavy atom. The number of amides is 1. The molecule has 140 valence electrons. The second kappa shape index (κ2) is 10.4. The smallest absolute Gasteiger partial charge is 0.244 e. The minimum absolute atomic E-state index is 0.0592. The third-order valence-corrected chi connectivity index (χ3v) is 4.27. The molecule has 0 fully saturated rings. The van der Waals surface area contributed by atoms with Crippen LogP contribution in [0.25, 0.3) is 6.08 Å². The van der Waals surface area contributed by atoms with E-state index in [1.807, 2.05) is 32.1 Å². The van der Waals surface area contributed by atoms with Crippen LogP contribution in [0.3, 0.4) is 0 Å². The highest BCUT2D eigenvalue weighted by atomic mass is 16.5. The lowest BCUT2D eigenvalue weighted by molar-refractivity contribution is -0.116. The van der Waals surface area contributed by atoms with Crippen LogP contribution in [0.4, 0.5) is 0 Å². The van der Waals surface area contributed by atoms with Crippen molar-refractivity contribution in [2.45, 2.75) is 41.5 Å². The number of aryl methyl sites for hydroxylation is 1. The molecule has 0 bridgehead atoms. The van der Waals surface area contributed by atoms with Crippen LogP contribution in [0.5, 0.6) is 5.75 Å². The number of rotatable bonds is 7. The topological polar surface area (TPSA) is 38.3 Å². The van der Waals surface area contributed by atoms with E-state index in [-0.39, 0.29) is 5.91 Å². The molecule has 1 amide bonds. The molecule has 3 heteroatoms. The monoisotopic (exact) mass is 353 g/mol. The molecule has 0 aliphatic rings. The molecule has 1 rings (SSSR count). The van der Waals surface area contributed by atoms with Crippen LogP contribution in [-0.2, 0) is 4.79 Å². The van der Waals surface area contributed by atoms with Crippen molar-refractivity contribution < 1.29 is 9.53 Å². The Morgan fingerprint density at radius 1 is 1.12 bits per heavy atom. The summed E-state index contributed by atoms with van der Waals surface area (Å²) in [5.74, 6) is 0.873. The molecule has 0 aromatic heterocycles. The summed E-state index contributed by atoms with van der Waals surface area (Å²) in [5.41, 5.74) is 6.89. The van der Waals surface area contributed by atoms with Gasteiger partial charge >= 0.3 is 0 Å². The van der Waals surface area contributed by atoms with Crippen LogP contribution in [-0.4, -0.2) is 19.6 Å². The third-order valence-electron chi connectivity index (χ3n) is 4.27. The van der Waals surface area contributed by atoms with Gasteiger partial charge in [-0.2, -0.15) is 0 Å². The van der Waals surface area contributed by atoms with Crippen molar-refractivity contribution in [3.8, 4) is 5.75 Å². The minimum Gasteiger partial charge on any atom is -0.496 e. The predicted molar refractivity (Wildman–Crippen MR) is 112 cm³/mol. The maximum atomic E-state index is 11.5. The largest absolute Gasteiger partial charge is 0.496 e. The first kappa shape index (κ1) is 21.5. The number of benzene rings is 1. The zero-order valence-corrected chi connectivity index (χ0v) is 17.1. The molecule has 0 unspecified atom stereocenters. The normalized spacial score (nSPS) is 12.9. The first-order valence-corrected chi connectivity index (χ1v) is 8.94. The molecule has 0 aliphatic heterocycles. The second-order valence-corrected chi connectivity index (χ2v) is 6.45. The van der Waals surface area contributed by atoms with Gasteiger partial charge in [0.15, 0.2) is 0 Å². The van der Waals surface area contributed by atoms with E-state index < -0.39 is 0 Å². The van der Waals surface area contributed by atoms with E-state index in [0.29, 0.717) is 6.54 Å². The fourth-order valence-corrected chi connectivity index (χ4v) is 2.64. The highest BCUT2D eigenvalue weighted by molar-refractivity contribution is 5.88. The van der Waals surface area contributed by atoms with Crippen LogP contribution in [0.15, 0.2) is 47.6 Å². The van der Waals surface area contributed by atoms with Gasteiger partial charge in [-0.25, -0.2) is 0 Å². The lowest BCUT2D eigenvalue weighted by Gasteiger charge is -2.13. The summed E-state index contributed by atoms with van der Waals surface area (Å²) in [6.07, 6.45) is 11.8. The van der Waals surface area contributed by atoms with Crippen LogP contribution in [0.1, 0.15) is 43.0 Å². The van der Waals surface area contributed by atoms with E-state index in [0.717, 1.165) is 16.9 Å². The molecule has 1 N–H and O–H groups in total. The van der Waals surface area contributed by atoms with E-state index in [9.17, 15) is 4.79 Å². The number of nitrogens with one attached hydrogen (secondary N) is 1. The van der Waals surface area contributed by atoms with Crippen LogP contribution in [0, 0.1) is 20.8 Å². The van der Waals surface area contributed by atoms with Crippen LogP contribution >= 0.6 is 0 Å². The van der Waals surface area contributed by atoms with Gasteiger partial charge in [0.1, 0.15) is 5.75 Å². The summed E-state index contributed by atoms with van der Waals surface area (Å²) in [7, 11) is 1.71. The van der Waals surface area contributed by atoms with Crippen LogP contribution < -0.4 is 10.1 Å². The average Bonchev–Trinajstić information content (AvgIpc) is 2.58. The van der Waals surface area contributed by atoms with Crippen molar-refractivity contribution >= 4 is 12.0 Å². The first-order chi connectivity index (χ1) is 12.3. The Bertz CT molecular complexity index is 765. The van der Waals surface area contributed by atoms with E-state index >= 15 is 0 Å². The maximum Gasteiger partial charge on any atom is 0.244 e. The molecule has 3 nitrogen and oxygen atoms in total. The van der Waals surface area contributed by atoms with E-state index in [1.165, 1.54) is 22.3 Å². The van der Waals surface area contributed by atoms with Gasteiger partial charge in [-0.05, 0) is 75.4 Å². The summed E-state index contributed by atoms with van der Waals surface area (Å²) in [4.78, 5) is 11.5. The maximum absolute atomic E-state index is 11.5. The quantitative estimate of drug-likeness (QED) is 0.539. The fourth-order valence-electron chi connectivity index (χ4n) is 2.64. The molecule has 0 atom stereocenters. The Morgan fingerprint density at radius 2 is 1.81 bits per heavy atom. The Kier molecular flexibility index (Phi) is 8.63. The van der Waals surface area contributed by atoms with Crippen molar-refractivity contribution in [1.82, 2.24) is 5.32 Å². The summed E-state index contributed by atoms with van der Waals surface area (Å²) in [5, 5.41) is 2.75. The summed E-state index contributed by atoms with van der Waals surface area (Å²) < 4.78 is 5.43. The van der Waals surface area contributed by atoms with Crippen molar-refractivity contribution in [3.63, 3.8) is 0 Å². The number of carbonyl (C=O) groups is 1. The van der Waals surface area contributed by atoms with Crippen molar-refractivity contribution in [2.75, 3.05) is 13.7 Å². The number of hydrogen-bond donors (Lipinski definition) is 1. The molecule has 1 aromatic rings. The Labute approximate surface area is 158 Å². The van der Waals surface area contributed by atoms with Crippen molar-refractivity contribution in [2.24, 2.45) is 0 Å². The minimum atomic E-state index is -0.0592. The zero-order chi connectivity index (χ0) is 19.7. The number of likely N-dealkylation sites (N-methyl/N-ethyl adjacent to an activating group) is 1. The van der Waals surface area contributed by atoms with E-state index in [2.05, 4.69) is 51.2 Å². The Hall–Kier alpha value is -2.55. The summed E-state index contributed by atoms with van der Waals surface area (Å²) in [6, 6.07) is 2.08. The predicted octanol–water partition coefficient (Wildman–Crippen LogP) is 5.22. The molecule has 0 saturated heterocycles. The van der Waals surface area contributed by atoms with E-state index in [4.69, 9.17) is 4.74 Å². The summed E-state index contributed by atoms with van der Waals surface area (Å²) in [6.45, 7) is 12.8. The zero-order valence-electron chi connectivity index (χ0n) is 17.1. The second-order valence-electron chi connectivity index (χ2n) is 6.45. The number of methoxy groups -OCH3 is 1. The van der Waals surface area contributed by atoms with Gasteiger partial charge in [0.25, 0.3) is 0 Å². The van der Waals surface area contributed by atoms with Gasteiger partial charge in [0.2, 0.25) is 5.91 Å². The number of carbonyl (C=O) groups excluding carboxylic acids is 1. The molecule has 1 aromatic carbocycles. The average molecular weight is 354 g/mol. The molecular formula is C23H31NO2. The van der Waals surface area contributed by atoms with Gasteiger partial charge in [0, 0.05) is 12.6 Å². The number of allylic oxidation sites excluding steroid dienone is 6. The first-order valence-electron chi connectivity index (χ1n) is 8.94. The lowest BCUT2D eigenvalue weighted by atomic mass is 9.96. The lowest BCUT2D eigenvalue weighted by Crippen LogP contribution is -2.20. The Balaban J connectivity index is 2.89.